The highest BCUT2D eigenvalue weighted by atomic mass is 32.2. The predicted octanol–water partition coefficient (Wildman–Crippen LogP) is 3.68. The summed E-state index contributed by atoms with van der Waals surface area (Å²) in [5.74, 6) is 2.43. The van der Waals surface area contributed by atoms with Crippen LogP contribution in [0.5, 0.6) is 0 Å². The largest absolute Gasteiger partial charge is 0.327 e. The van der Waals surface area contributed by atoms with Gasteiger partial charge < -0.3 is 9.88 Å². The lowest BCUT2D eigenvalue weighted by atomic mass is 10.2. The van der Waals surface area contributed by atoms with Crippen LogP contribution in [0.3, 0.4) is 0 Å². The van der Waals surface area contributed by atoms with Crippen molar-refractivity contribution >= 4 is 22.8 Å². The maximum absolute atomic E-state index is 4.73. The van der Waals surface area contributed by atoms with E-state index in [-0.39, 0.29) is 0 Å². The van der Waals surface area contributed by atoms with Crippen molar-refractivity contribution in [1.29, 1.82) is 0 Å². The van der Waals surface area contributed by atoms with Crippen LogP contribution in [0.15, 0.2) is 24.3 Å². The normalized spacial score (nSPS) is 11.3. The first-order chi connectivity index (χ1) is 9.86. The van der Waals surface area contributed by atoms with Gasteiger partial charge in [-0.05, 0) is 50.5 Å². The monoisotopic (exact) mass is 291 g/mol. The fourth-order valence-electron chi connectivity index (χ4n) is 2.49. The summed E-state index contributed by atoms with van der Waals surface area (Å²) in [4.78, 5) is 4.73. The van der Waals surface area contributed by atoms with Crippen LogP contribution in [0.2, 0.25) is 0 Å². The minimum atomic E-state index is 0.866. The lowest BCUT2D eigenvalue weighted by Crippen LogP contribution is -2.18. The number of benzene rings is 1. The second-order valence-corrected chi connectivity index (χ2v) is 5.98. The predicted molar refractivity (Wildman–Crippen MR) is 89.3 cm³/mol. The smallest absolute Gasteiger partial charge is 0.123 e. The Morgan fingerprint density at radius 1 is 1.20 bits per heavy atom. The first kappa shape index (κ1) is 15.4. The molecule has 0 atom stereocenters. The maximum Gasteiger partial charge on any atom is 0.123 e. The number of thioether (sulfide) groups is 1. The first-order valence-electron chi connectivity index (χ1n) is 7.50. The van der Waals surface area contributed by atoms with Gasteiger partial charge >= 0.3 is 0 Å². The van der Waals surface area contributed by atoms with Crippen LogP contribution in [0.25, 0.3) is 11.0 Å². The number of fused-ring (bicyclic) bond motifs is 1. The summed E-state index contributed by atoms with van der Waals surface area (Å²) in [5.41, 5.74) is 2.35. The van der Waals surface area contributed by atoms with E-state index in [1.807, 2.05) is 11.8 Å². The molecule has 0 aliphatic rings. The second kappa shape index (κ2) is 8.32. The van der Waals surface area contributed by atoms with Crippen LogP contribution >= 0.6 is 11.8 Å². The number of para-hydroxylation sites is 2. The SMILES string of the molecule is CCn1c(CNCCCCCSC)nc2ccccc21. The van der Waals surface area contributed by atoms with Gasteiger partial charge in [-0.1, -0.05) is 18.6 Å². The molecular formula is C16H25N3S. The molecule has 1 aromatic heterocycles. The number of hydrogen-bond donors (Lipinski definition) is 1. The Labute approximate surface area is 126 Å². The van der Waals surface area contributed by atoms with E-state index in [0.717, 1.165) is 31.0 Å². The van der Waals surface area contributed by atoms with E-state index in [2.05, 4.69) is 47.3 Å². The Morgan fingerprint density at radius 2 is 2.05 bits per heavy atom. The standard InChI is InChI=1S/C16H25N3S/c1-3-19-15-10-6-5-9-14(15)18-16(19)13-17-11-7-4-8-12-20-2/h5-6,9-10,17H,3-4,7-8,11-13H2,1-2H3. The Balaban J connectivity index is 1.83. The highest BCUT2D eigenvalue weighted by molar-refractivity contribution is 7.98. The van der Waals surface area contributed by atoms with Crippen molar-refractivity contribution in [2.24, 2.45) is 0 Å². The van der Waals surface area contributed by atoms with Crippen LogP contribution < -0.4 is 5.32 Å². The van der Waals surface area contributed by atoms with Crippen molar-refractivity contribution in [1.82, 2.24) is 14.9 Å². The molecule has 4 heteroatoms. The molecule has 20 heavy (non-hydrogen) atoms. The van der Waals surface area contributed by atoms with Gasteiger partial charge in [-0.15, -0.1) is 0 Å². The zero-order valence-electron chi connectivity index (χ0n) is 12.6. The van der Waals surface area contributed by atoms with Crippen molar-refractivity contribution in [2.45, 2.75) is 39.3 Å². The summed E-state index contributed by atoms with van der Waals surface area (Å²) in [6, 6.07) is 8.38. The minimum absolute atomic E-state index is 0.866. The number of imidazole rings is 1. The van der Waals surface area contributed by atoms with E-state index in [9.17, 15) is 0 Å². The number of nitrogens with zero attached hydrogens (tertiary/aromatic N) is 2. The molecule has 2 rings (SSSR count). The number of rotatable bonds is 9. The molecule has 1 heterocycles. The maximum atomic E-state index is 4.73. The molecule has 110 valence electrons. The number of hydrogen-bond acceptors (Lipinski definition) is 3. The number of nitrogens with one attached hydrogen (secondary N) is 1. The molecule has 0 amide bonds. The van der Waals surface area contributed by atoms with Crippen LogP contribution in [-0.4, -0.2) is 28.1 Å². The minimum Gasteiger partial charge on any atom is -0.327 e. The van der Waals surface area contributed by atoms with Gasteiger partial charge in [0.1, 0.15) is 5.82 Å². The Morgan fingerprint density at radius 3 is 2.85 bits per heavy atom. The summed E-state index contributed by atoms with van der Waals surface area (Å²) < 4.78 is 2.30. The summed E-state index contributed by atoms with van der Waals surface area (Å²) in [6.45, 7) is 5.11. The third-order valence-electron chi connectivity index (χ3n) is 3.53. The van der Waals surface area contributed by atoms with E-state index in [0.29, 0.717) is 0 Å². The summed E-state index contributed by atoms with van der Waals surface area (Å²) in [6.07, 6.45) is 6.08. The molecule has 0 bridgehead atoms. The van der Waals surface area contributed by atoms with Gasteiger partial charge in [-0.3, -0.25) is 0 Å². The fourth-order valence-corrected chi connectivity index (χ4v) is 2.98. The average Bonchev–Trinajstić information content (AvgIpc) is 2.83. The Hall–Kier alpha value is -1.00. The molecule has 0 aliphatic heterocycles. The van der Waals surface area contributed by atoms with Crippen LogP contribution in [0.4, 0.5) is 0 Å². The Bertz CT molecular complexity index is 521. The molecule has 0 aliphatic carbocycles. The Kier molecular flexibility index (Phi) is 6.40. The van der Waals surface area contributed by atoms with E-state index in [4.69, 9.17) is 4.98 Å². The van der Waals surface area contributed by atoms with Gasteiger partial charge in [0.05, 0.1) is 17.6 Å². The molecule has 0 spiro atoms. The van der Waals surface area contributed by atoms with Crippen molar-refractivity contribution in [2.75, 3.05) is 18.6 Å². The first-order valence-corrected chi connectivity index (χ1v) is 8.90. The highest BCUT2D eigenvalue weighted by Crippen LogP contribution is 2.15. The van der Waals surface area contributed by atoms with Gasteiger partial charge in [-0.2, -0.15) is 11.8 Å². The summed E-state index contributed by atoms with van der Waals surface area (Å²) >= 11 is 1.94. The molecule has 3 nitrogen and oxygen atoms in total. The van der Waals surface area contributed by atoms with Crippen molar-refractivity contribution in [3.05, 3.63) is 30.1 Å². The van der Waals surface area contributed by atoms with Crippen LogP contribution in [-0.2, 0) is 13.1 Å². The third kappa shape index (κ3) is 4.00. The van der Waals surface area contributed by atoms with Gasteiger partial charge in [0, 0.05) is 6.54 Å². The van der Waals surface area contributed by atoms with Gasteiger partial charge in [0.2, 0.25) is 0 Å². The van der Waals surface area contributed by atoms with Crippen molar-refractivity contribution < 1.29 is 0 Å². The highest BCUT2D eigenvalue weighted by Gasteiger charge is 2.07. The molecule has 0 saturated heterocycles. The van der Waals surface area contributed by atoms with Gasteiger partial charge in [0.25, 0.3) is 0 Å². The molecule has 0 saturated carbocycles. The van der Waals surface area contributed by atoms with E-state index >= 15 is 0 Å². The molecule has 0 fully saturated rings. The molecule has 2 aromatic rings. The number of aromatic nitrogens is 2. The van der Waals surface area contributed by atoms with Crippen LogP contribution in [0.1, 0.15) is 32.0 Å². The lowest BCUT2D eigenvalue weighted by Gasteiger charge is -2.07. The molecule has 0 unspecified atom stereocenters. The average molecular weight is 291 g/mol. The third-order valence-corrected chi connectivity index (χ3v) is 4.23. The molecule has 1 N–H and O–H groups in total. The van der Waals surface area contributed by atoms with Crippen molar-refractivity contribution in [3.8, 4) is 0 Å². The summed E-state index contributed by atoms with van der Waals surface area (Å²) in [5, 5.41) is 3.52. The quantitative estimate of drug-likeness (QED) is 0.715. The molecular weight excluding hydrogens is 266 g/mol. The van der Waals surface area contributed by atoms with E-state index in [1.54, 1.807) is 0 Å². The molecule has 0 radical (unpaired) electrons. The van der Waals surface area contributed by atoms with E-state index < -0.39 is 0 Å². The topological polar surface area (TPSA) is 29.9 Å². The zero-order valence-corrected chi connectivity index (χ0v) is 13.4. The number of aryl methyl sites for hydroxylation is 1. The summed E-state index contributed by atoms with van der Waals surface area (Å²) in [7, 11) is 0. The number of unbranched alkanes of at least 4 members (excludes halogenated alkanes) is 2. The molecule has 1 aromatic carbocycles. The van der Waals surface area contributed by atoms with Gasteiger partial charge in [0.15, 0.2) is 0 Å². The fraction of sp³-hybridized carbons (Fsp3) is 0.562. The second-order valence-electron chi connectivity index (χ2n) is 4.99. The van der Waals surface area contributed by atoms with Crippen molar-refractivity contribution in [3.63, 3.8) is 0 Å². The lowest BCUT2D eigenvalue weighted by molar-refractivity contribution is 0.585. The van der Waals surface area contributed by atoms with Crippen LogP contribution in [0, 0.1) is 0 Å². The zero-order chi connectivity index (χ0) is 14.2. The van der Waals surface area contributed by atoms with E-state index in [1.165, 1.54) is 30.5 Å². The van der Waals surface area contributed by atoms with Gasteiger partial charge in [-0.25, -0.2) is 4.98 Å².